The largest absolute Gasteiger partial charge is 0.480 e. The number of primary amides is 1. The molecule has 1 rings (SSSR count). The summed E-state index contributed by atoms with van der Waals surface area (Å²) in [5.41, 5.74) is 3.47. The highest BCUT2D eigenvalue weighted by Gasteiger charge is 2.35. The molecule has 134 valence electrons. The van der Waals surface area contributed by atoms with E-state index in [1.807, 2.05) is 0 Å². The van der Waals surface area contributed by atoms with E-state index in [1.54, 1.807) is 4.72 Å². The molecule has 0 saturated heterocycles. The zero-order chi connectivity index (χ0) is 18.7. The van der Waals surface area contributed by atoms with Gasteiger partial charge < -0.3 is 10.8 Å². The van der Waals surface area contributed by atoms with Gasteiger partial charge in [0.1, 0.15) is 6.04 Å². The van der Waals surface area contributed by atoms with Gasteiger partial charge in [-0.2, -0.15) is 17.9 Å². The molecule has 0 bridgehead atoms. The number of hydrogen-bond donors (Lipinski definition) is 3. The number of carbonyl (C=O) groups is 2. The van der Waals surface area contributed by atoms with Crippen LogP contribution in [0.5, 0.6) is 0 Å². The minimum atomic E-state index is -4.89. The summed E-state index contributed by atoms with van der Waals surface area (Å²) in [4.78, 5) is 20.9. The maximum atomic E-state index is 12.8. The monoisotopic (exact) mass is 388 g/mol. The molecule has 0 radical (unpaired) electrons. The SMILES string of the molecule is NC(=O)CCC(NS(=O)(=O)c1ccc(Cl)c(C(F)(F)F)c1)C(=O)O. The van der Waals surface area contributed by atoms with Crippen LogP contribution in [-0.2, 0) is 25.8 Å². The molecule has 0 saturated carbocycles. The zero-order valence-electron chi connectivity index (χ0n) is 11.8. The van der Waals surface area contributed by atoms with E-state index in [4.69, 9.17) is 22.4 Å². The lowest BCUT2D eigenvalue weighted by molar-refractivity contribution is -0.139. The van der Waals surface area contributed by atoms with Gasteiger partial charge in [0.15, 0.2) is 0 Å². The molecule has 0 fully saturated rings. The van der Waals surface area contributed by atoms with Crippen molar-refractivity contribution in [1.82, 2.24) is 4.72 Å². The van der Waals surface area contributed by atoms with Crippen LogP contribution >= 0.6 is 11.6 Å². The number of carbonyl (C=O) groups excluding carboxylic acids is 1. The van der Waals surface area contributed by atoms with Gasteiger partial charge in [-0.1, -0.05) is 11.6 Å². The Bertz CT molecular complexity index is 752. The van der Waals surface area contributed by atoms with E-state index in [0.717, 1.165) is 12.1 Å². The van der Waals surface area contributed by atoms with Gasteiger partial charge in [-0.3, -0.25) is 9.59 Å². The molecule has 1 unspecified atom stereocenters. The molecule has 1 atom stereocenters. The zero-order valence-corrected chi connectivity index (χ0v) is 13.4. The predicted octanol–water partition coefficient (Wildman–Crippen LogP) is 1.36. The fourth-order valence-corrected chi connectivity index (χ4v) is 3.14. The highest BCUT2D eigenvalue weighted by molar-refractivity contribution is 7.89. The Labute approximate surface area is 139 Å². The van der Waals surface area contributed by atoms with Crippen molar-refractivity contribution in [2.75, 3.05) is 0 Å². The molecule has 0 heterocycles. The Hall–Kier alpha value is -1.85. The topological polar surface area (TPSA) is 127 Å². The molecule has 24 heavy (non-hydrogen) atoms. The summed E-state index contributed by atoms with van der Waals surface area (Å²) in [6, 6.07) is 0.0930. The highest BCUT2D eigenvalue weighted by Crippen LogP contribution is 2.35. The second kappa shape index (κ2) is 7.36. The average Bonchev–Trinajstić information content (AvgIpc) is 2.41. The van der Waals surface area contributed by atoms with E-state index in [0.29, 0.717) is 0 Å². The summed E-state index contributed by atoms with van der Waals surface area (Å²) < 4.78 is 64.2. The lowest BCUT2D eigenvalue weighted by Crippen LogP contribution is -2.41. The summed E-state index contributed by atoms with van der Waals surface area (Å²) in [5.74, 6) is -2.46. The van der Waals surface area contributed by atoms with E-state index >= 15 is 0 Å². The first-order valence-electron chi connectivity index (χ1n) is 6.25. The van der Waals surface area contributed by atoms with Gasteiger partial charge >= 0.3 is 12.1 Å². The minimum absolute atomic E-state index is 0.289. The summed E-state index contributed by atoms with van der Waals surface area (Å²) in [6.07, 6.45) is -5.77. The maximum Gasteiger partial charge on any atom is 0.417 e. The standard InChI is InChI=1S/C12H12ClF3N2O5S/c13-8-2-1-6(5-7(8)12(14,15)16)24(22,23)18-9(11(20)21)3-4-10(17)19/h1-2,5,9,18H,3-4H2,(H2,17,19)(H,20,21). The number of hydrogen-bond acceptors (Lipinski definition) is 4. The summed E-state index contributed by atoms with van der Waals surface area (Å²) >= 11 is 5.39. The van der Waals surface area contributed by atoms with E-state index in [2.05, 4.69) is 0 Å². The number of benzene rings is 1. The molecule has 0 aromatic heterocycles. The molecule has 1 amide bonds. The molecule has 0 aliphatic heterocycles. The number of amides is 1. The van der Waals surface area contributed by atoms with Crippen molar-refractivity contribution < 1.29 is 36.3 Å². The number of carboxylic acid groups (broad SMARTS) is 1. The van der Waals surface area contributed by atoms with Crippen LogP contribution in [0.3, 0.4) is 0 Å². The molecular weight excluding hydrogens is 377 g/mol. The van der Waals surface area contributed by atoms with Crippen LogP contribution in [0.25, 0.3) is 0 Å². The van der Waals surface area contributed by atoms with E-state index in [1.165, 1.54) is 0 Å². The van der Waals surface area contributed by atoms with Crippen LogP contribution in [0.2, 0.25) is 5.02 Å². The molecule has 0 spiro atoms. The number of rotatable bonds is 7. The van der Waals surface area contributed by atoms with Gasteiger partial charge in [-0.05, 0) is 24.6 Å². The lowest BCUT2D eigenvalue weighted by Gasteiger charge is -2.15. The third-order valence-electron chi connectivity index (χ3n) is 2.83. The second-order valence-electron chi connectivity index (χ2n) is 4.66. The summed E-state index contributed by atoms with van der Waals surface area (Å²) in [7, 11) is -4.59. The normalized spacial score (nSPS) is 13.5. The quantitative estimate of drug-likeness (QED) is 0.650. The number of nitrogens with two attached hydrogens (primary N) is 1. The van der Waals surface area contributed by atoms with Crippen LogP contribution < -0.4 is 10.5 Å². The van der Waals surface area contributed by atoms with E-state index in [9.17, 15) is 31.2 Å². The third-order valence-corrected chi connectivity index (χ3v) is 4.63. The van der Waals surface area contributed by atoms with Crippen LogP contribution in [0.15, 0.2) is 23.1 Å². The molecule has 4 N–H and O–H groups in total. The van der Waals surface area contributed by atoms with Crippen molar-refractivity contribution in [1.29, 1.82) is 0 Å². The Morgan fingerprint density at radius 3 is 2.38 bits per heavy atom. The van der Waals surface area contributed by atoms with Crippen molar-refractivity contribution in [2.45, 2.75) is 30.0 Å². The Balaban J connectivity index is 3.15. The smallest absolute Gasteiger partial charge is 0.417 e. The van der Waals surface area contributed by atoms with Crippen molar-refractivity contribution in [2.24, 2.45) is 5.73 Å². The van der Waals surface area contributed by atoms with Crippen LogP contribution in [0.4, 0.5) is 13.2 Å². The first-order valence-corrected chi connectivity index (χ1v) is 8.11. The molecular formula is C12H12ClF3N2O5S. The average molecular weight is 389 g/mol. The van der Waals surface area contributed by atoms with Gasteiger partial charge in [0.2, 0.25) is 15.9 Å². The maximum absolute atomic E-state index is 12.8. The van der Waals surface area contributed by atoms with Gasteiger partial charge in [0.25, 0.3) is 0 Å². The molecule has 0 aliphatic rings. The van der Waals surface area contributed by atoms with E-state index in [-0.39, 0.29) is 6.07 Å². The first kappa shape index (κ1) is 20.2. The highest BCUT2D eigenvalue weighted by atomic mass is 35.5. The number of halogens is 4. The molecule has 12 heteroatoms. The fraction of sp³-hybridized carbons (Fsp3) is 0.333. The van der Waals surface area contributed by atoms with E-state index < -0.39 is 62.4 Å². The minimum Gasteiger partial charge on any atom is -0.480 e. The Kier molecular flexibility index (Phi) is 6.20. The second-order valence-corrected chi connectivity index (χ2v) is 6.78. The molecule has 7 nitrogen and oxygen atoms in total. The number of aliphatic carboxylic acids is 1. The van der Waals surface area contributed by atoms with Gasteiger partial charge in [-0.25, -0.2) is 8.42 Å². The van der Waals surface area contributed by atoms with Gasteiger partial charge in [0.05, 0.1) is 15.5 Å². The van der Waals surface area contributed by atoms with Gasteiger partial charge in [-0.15, -0.1) is 0 Å². The first-order chi connectivity index (χ1) is 10.8. The predicted molar refractivity (Wildman–Crippen MR) is 76.6 cm³/mol. The Morgan fingerprint density at radius 1 is 1.33 bits per heavy atom. The number of sulfonamides is 1. The van der Waals surface area contributed by atoms with Crippen LogP contribution in [-0.4, -0.2) is 31.4 Å². The molecule has 0 aliphatic carbocycles. The number of carboxylic acids is 1. The molecule has 1 aromatic rings. The van der Waals surface area contributed by atoms with Crippen molar-refractivity contribution in [3.8, 4) is 0 Å². The summed E-state index contributed by atoms with van der Waals surface area (Å²) in [6.45, 7) is 0. The third kappa shape index (κ3) is 5.35. The molecule has 1 aromatic carbocycles. The van der Waals surface area contributed by atoms with Crippen LogP contribution in [0.1, 0.15) is 18.4 Å². The van der Waals surface area contributed by atoms with Gasteiger partial charge in [0, 0.05) is 6.42 Å². The van der Waals surface area contributed by atoms with Crippen molar-refractivity contribution in [3.63, 3.8) is 0 Å². The van der Waals surface area contributed by atoms with Crippen molar-refractivity contribution in [3.05, 3.63) is 28.8 Å². The number of alkyl halides is 3. The number of nitrogens with one attached hydrogen (secondary N) is 1. The summed E-state index contributed by atoms with van der Waals surface area (Å²) in [5, 5.41) is 8.24. The Morgan fingerprint density at radius 2 is 1.92 bits per heavy atom. The van der Waals surface area contributed by atoms with Crippen molar-refractivity contribution >= 4 is 33.5 Å². The lowest BCUT2D eigenvalue weighted by atomic mass is 10.2. The van der Waals surface area contributed by atoms with Crippen LogP contribution in [0, 0.1) is 0 Å². The fourth-order valence-electron chi connectivity index (χ4n) is 1.66.